The Morgan fingerprint density at radius 2 is 2.00 bits per heavy atom. The fraction of sp³-hybridized carbons (Fsp3) is 0.538. The number of aromatic nitrogens is 2. The van der Waals surface area contributed by atoms with Crippen LogP contribution in [0.5, 0.6) is 0 Å². The van der Waals surface area contributed by atoms with Crippen LogP contribution in [-0.4, -0.2) is 66.3 Å². The van der Waals surface area contributed by atoms with E-state index < -0.39 is 6.36 Å². The number of ketones is 1. The average molecular weight is 523 g/mol. The van der Waals surface area contributed by atoms with Gasteiger partial charge in [0.15, 0.2) is 10.9 Å². The number of unbranched alkanes of at least 4 members (excludes halogenated alkanes) is 1. The zero-order valence-electron chi connectivity index (χ0n) is 20.5. The van der Waals surface area contributed by atoms with E-state index in [1.54, 1.807) is 6.20 Å². The third kappa shape index (κ3) is 7.30. The molecule has 0 aliphatic carbocycles. The molecule has 4 rings (SSSR count). The number of halogens is 3. The Labute approximate surface area is 213 Å². The number of H-pyrrole nitrogens is 1. The first-order valence-corrected chi connectivity index (χ1v) is 13.4. The molecule has 0 saturated carbocycles. The molecular weight excluding hydrogens is 489 g/mol. The summed E-state index contributed by atoms with van der Waals surface area (Å²) in [6.07, 6.45) is 3.70. The normalized spacial score (nSPS) is 16.1. The van der Waals surface area contributed by atoms with Crippen LogP contribution in [0.4, 0.5) is 18.3 Å². The number of ether oxygens (including phenoxy) is 1. The molecule has 0 amide bonds. The molecule has 1 unspecified atom stereocenters. The number of aromatic amines is 1. The lowest BCUT2D eigenvalue weighted by Gasteiger charge is -2.34. The van der Waals surface area contributed by atoms with Gasteiger partial charge in [-0.25, -0.2) is 4.98 Å². The topological polar surface area (TPSA) is 61.5 Å². The fourth-order valence-corrected chi connectivity index (χ4v) is 5.65. The second-order valence-corrected chi connectivity index (χ2v) is 10.3. The van der Waals surface area contributed by atoms with Crippen LogP contribution >= 0.6 is 11.3 Å². The van der Waals surface area contributed by atoms with Gasteiger partial charge in [-0.15, -0.1) is 13.2 Å². The smallest absolute Gasteiger partial charge is 0.361 e. The van der Waals surface area contributed by atoms with Crippen LogP contribution in [0.3, 0.4) is 0 Å². The molecule has 1 N–H and O–H groups in total. The predicted molar refractivity (Wildman–Crippen MR) is 137 cm³/mol. The minimum absolute atomic E-state index is 0.127. The van der Waals surface area contributed by atoms with Gasteiger partial charge in [0, 0.05) is 56.2 Å². The fourth-order valence-electron chi connectivity index (χ4n) is 4.74. The molecule has 196 valence electrons. The number of hydrogen-bond acceptors (Lipinski definition) is 6. The second kappa shape index (κ2) is 12.2. The molecule has 0 bridgehead atoms. The van der Waals surface area contributed by atoms with Crippen molar-refractivity contribution in [2.75, 3.05) is 44.2 Å². The summed E-state index contributed by atoms with van der Waals surface area (Å²) >= 11 is 1.41. The Hall–Kier alpha value is -2.43. The van der Waals surface area contributed by atoms with Crippen LogP contribution in [0.1, 0.15) is 47.8 Å². The highest BCUT2D eigenvalue weighted by atomic mass is 32.1. The number of hydrogen-bond donors (Lipinski definition) is 1. The number of thiazole rings is 1. The molecule has 0 radical (unpaired) electrons. The first-order valence-electron chi connectivity index (χ1n) is 12.5. The van der Waals surface area contributed by atoms with E-state index >= 15 is 0 Å². The number of Topliss-reactive ketones (excluding diaryl/α,β-unsaturated/α-hetero) is 1. The number of para-hydroxylation sites is 1. The van der Waals surface area contributed by atoms with E-state index in [0.717, 1.165) is 36.3 Å². The number of fused-ring (bicyclic) bond motifs is 1. The van der Waals surface area contributed by atoms with Gasteiger partial charge in [-0.1, -0.05) is 49.3 Å². The number of benzene rings is 1. The number of alkyl halides is 3. The number of nitrogens with one attached hydrogen (secondary N) is 1. The summed E-state index contributed by atoms with van der Waals surface area (Å²) in [4.78, 5) is 25.7. The van der Waals surface area contributed by atoms with Crippen molar-refractivity contribution in [2.45, 2.75) is 45.4 Å². The van der Waals surface area contributed by atoms with Crippen LogP contribution in [0.2, 0.25) is 0 Å². The SMILES string of the molecule is CCCCC(CC(=O)c1cnc(N2CCN(CCOC(F)(F)F)CC2)s1)Cc1c[nH]c2ccccc12. The Morgan fingerprint density at radius 1 is 1.22 bits per heavy atom. The molecule has 3 aromatic rings. The molecule has 0 spiro atoms. The standard InChI is InChI=1S/C26H33F3N4O2S/c1-2-3-6-19(15-20-17-30-22-8-5-4-7-21(20)22)16-23(34)24-18-31-25(36-24)33-11-9-32(10-12-33)13-14-35-26(27,28)29/h4-5,7-8,17-19,30H,2-3,6,9-16H2,1H3. The Morgan fingerprint density at radius 3 is 2.75 bits per heavy atom. The predicted octanol–water partition coefficient (Wildman–Crippen LogP) is 5.90. The number of piperazine rings is 1. The number of carbonyl (C=O) groups excluding carboxylic acids is 1. The zero-order chi connectivity index (χ0) is 25.5. The summed E-state index contributed by atoms with van der Waals surface area (Å²) in [7, 11) is 0. The monoisotopic (exact) mass is 522 g/mol. The number of nitrogens with zero attached hydrogens (tertiary/aromatic N) is 3. The van der Waals surface area contributed by atoms with E-state index in [1.807, 2.05) is 17.0 Å². The van der Waals surface area contributed by atoms with Gasteiger partial charge in [-0.2, -0.15) is 0 Å². The quantitative estimate of drug-likeness (QED) is 0.300. The van der Waals surface area contributed by atoms with Crippen LogP contribution < -0.4 is 4.90 Å². The Balaban J connectivity index is 1.31. The van der Waals surface area contributed by atoms with Crippen LogP contribution in [-0.2, 0) is 11.2 Å². The summed E-state index contributed by atoms with van der Waals surface area (Å²) < 4.78 is 40.4. The lowest BCUT2D eigenvalue weighted by molar-refractivity contribution is -0.325. The minimum Gasteiger partial charge on any atom is -0.361 e. The molecule has 1 atom stereocenters. The van der Waals surface area contributed by atoms with E-state index in [4.69, 9.17) is 0 Å². The Bertz CT molecular complexity index is 1120. The summed E-state index contributed by atoms with van der Waals surface area (Å²) in [6.45, 7) is 4.63. The molecule has 6 nitrogen and oxygen atoms in total. The van der Waals surface area contributed by atoms with Crippen molar-refractivity contribution in [3.63, 3.8) is 0 Å². The van der Waals surface area contributed by atoms with Crippen molar-refractivity contribution in [3.8, 4) is 0 Å². The van der Waals surface area contributed by atoms with Gasteiger partial charge < -0.3 is 9.88 Å². The van der Waals surface area contributed by atoms with Gasteiger partial charge in [0.05, 0.1) is 17.7 Å². The lowest BCUT2D eigenvalue weighted by Crippen LogP contribution is -2.47. The molecule has 1 aliphatic rings. The van der Waals surface area contributed by atoms with E-state index in [0.29, 0.717) is 37.5 Å². The van der Waals surface area contributed by atoms with Gasteiger partial charge in [-0.3, -0.25) is 14.4 Å². The van der Waals surface area contributed by atoms with Gasteiger partial charge >= 0.3 is 6.36 Å². The molecule has 1 aromatic carbocycles. The molecule has 2 aromatic heterocycles. The molecule has 1 aliphatic heterocycles. The second-order valence-electron chi connectivity index (χ2n) is 9.33. The minimum atomic E-state index is -4.59. The maximum Gasteiger partial charge on any atom is 0.522 e. The van der Waals surface area contributed by atoms with Gasteiger partial charge in [0.2, 0.25) is 0 Å². The highest BCUT2D eigenvalue weighted by molar-refractivity contribution is 7.17. The molecule has 36 heavy (non-hydrogen) atoms. The van der Waals surface area contributed by atoms with Crippen molar-refractivity contribution in [1.29, 1.82) is 0 Å². The van der Waals surface area contributed by atoms with Gasteiger partial charge in [0.25, 0.3) is 0 Å². The van der Waals surface area contributed by atoms with Crippen molar-refractivity contribution < 1.29 is 22.7 Å². The van der Waals surface area contributed by atoms with E-state index in [1.165, 1.54) is 22.3 Å². The maximum atomic E-state index is 13.2. The highest BCUT2D eigenvalue weighted by Crippen LogP contribution is 2.29. The Kier molecular flexibility index (Phi) is 9.03. The molecular formula is C26H33F3N4O2S. The van der Waals surface area contributed by atoms with E-state index in [2.05, 4.69) is 44.9 Å². The van der Waals surface area contributed by atoms with Crippen LogP contribution in [0, 0.1) is 5.92 Å². The van der Waals surface area contributed by atoms with Crippen molar-refractivity contribution >= 4 is 33.2 Å². The first-order chi connectivity index (χ1) is 17.3. The largest absolute Gasteiger partial charge is 0.522 e. The third-order valence-electron chi connectivity index (χ3n) is 6.71. The molecule has 10 heteroatoms. The van der Waals surface area contributed by atoms with E-state index in [-0.39, 0.29) is 24.9 Å². The summed E-state index contributed by atoms with van der Waals surface area (Å²) in [6, 6.07) is 8.25. The summed E-state index contributed by atoms with van der Waals surface area (Å²) in [5.41, 5.74) is 2.37. The third-order valence-corrected chi connectivity index (χ3v) is 7.81. The van der Waals surface area contributed by atoms with Crippen LogP contribution in [0.25, 0.3) is 10.9 Å². The molecule has 1 fully saturated rings. The first kappa shape index (κ1) is 26.6. The number of anilines is 1. The summed E-state index contributed by atoms with van der Waals surface area (Å²) in [5, 5.41) is 2.02. The number of carbonyl (C=O) groups is 1. The maximum absolute atomic E-state index is 13.2. The number of rotatable bonds is 12. The summed E-state index contributed by atoms with van der Waals surface area (Å²) in [5.74, 6) is 0.396. The van der Waals surface area contributed by atoms with E-state index in [9.17, 15) is 18.0 Å². The van der Waals surface area contributed by atoms with Crippen molar-refractivity contribution in [3.05, 3.63) is 47.1 Å². The molecule has 3 heterocycles. The zero-order valence-corrected chi connectivity index (χ0v) is 21.3. The van der Waals surface area contributed by atoms with Gasteiger partial charge in [0.1, 0.15) is 0 Å². The van der Waals surface area contributed by atoms with Crippen LogP contribution in [0.15, 0.2) is 36.7 Å². The lowest BCUT2D eigenvalue weighted by atomic mass is 9.89. The highest BCUT2D eigenvalue weighted by Gasteiger charge is 2.29. The van der Waals surface area contributed by atoms with Crippen molar-refractivity contribution in [2.24, 2.45) is 5.92 Å². The molecule has 1 saturated heterocycles. The average Bonchev–Trinajstić information content (AvgIpc) is 3.50. The van der Waals surface area contributed by atoms with Gasteiger partial charge in [-0.05, 0) is 30.4 Å². The van der Waals surface area contributed by atoms with Crippen molar-refractivity contribution in [1.82, 2.24) is 14.9 Å².